The fraction of sp³-hybridized carbons (Fsp3) is 0.133. The third kappa shape index (κ3) is 3.56. The topological polar surface area (TPSA) is 79.2 Å². The summed E-state index contributed by atoms with van der Waals surface area (Å²) < 4.78 is 5.07. The van der Waals surface area contributed by atoms with Crippen molar-refractivity contribution in [2.24, 2.45) is 5.29 Å². The van der Waals surface area contributed by atoms with Crippen molar-refractivity contribution in [3.63, 3.8) is 0 Å². The Hall–Kier alpha value is -2.89. The maximum atomic E-state index is 11.0. The zero-order valence-corrected chi connectivity index (χ0v) is 11.4. The number of hydrogen-bond donors (Lipinski definition) is 1. The number of carboxylic acids is 1. The molecule has 0 atom stereocenters. The molecule has 108 valence electrons. The second kappa shape index (κ2) is 6.51. The Labute approximate surface area is 121 Å². The largest absolute Gasteiger partial charge is 0.497 e. The van der Waals surface area contributed by atoms with Crippen LogP contribution in [0.25, 0.3) is 0 Å². The van der Waals surface area contributed by atoms with Crippen LogP contribution in [0.4, 0.5) is 5.69 Å². The van der Waals surface area contributed by atoms with Crippen LogP contribution >= 0.6 is 0 Å². The number of anilines is 1. The Morgan fingerprint density at radius 1 is 1.14 bits per heavy atom. The van der Waals surface area contributed by atoms with Gasteiger partial charge in [-0.25, -0.2) is 9.80 Å². The zero-order chi connectivity index (χ0) is 15.2. The van der Waals surface area contributed by atoms with E-state index in [1.165, 1.54) is 17.1 Å². The zero-order valence-electron chi connectivity index (χ0n) is 11.4. The van der Waals surface area contributed by atoms with E-state index < -0.39 is 5.97 Å². The monoisotopic (exact) mass is 286 g/mol. The molecule has 0 unspecified atom stereocenters. The molecule has 2 aromatic carbocycles. The number of hydrogen-bond acceptors (Lipinski definition) is 4. The van der Waals surface area contributed by atoms with E-state index in [-0.39, 0.29) is 5.56 Å². The molecule has 0 bridgehead atoms. The van der Waals surface area contributed by atoms with Crippen LogP contribution in [0.15, 0.2) is 53.8 Å². The molecular formula is C15H14N2O4. The van der Waals surface area contributed by atoms with Crippen molar-refractivity contribution < 1.29 is 14.6 Å². The molecule has 0 fully saturated rings. The summed E-state index contributed by atoms with van der Waals surface area (Å²) in [6.07, 6.45) is 0. The highest BCUT2D eigenvalue weighted by molar-refractivity contribution is 5.88. The molecule has 0 aliphatic rings. The van der Waals surface area contributed by atoms with Crippen LogP contribution in [0.5, 0.6) is 5.75 Å². The van der Waals surface area contributed by atoms with Gasteiger partial charge in [0.05, 0.1) is 30.2 Å². The first-order valence-electron chi connectivity index (χ1n) is 6.21. The molecule has 0 saturated heterocycles. The van der Waals surface area contributed by atoms with E-state index in [9.17, 15) is 9.70 Å². The molecule has 1 N–H and O–H groups in total. The summed E-state index contributed by atoms with van der Waals surface area (Å²) in [6.45, 7) is 0.292. The van der Waals surface area contributed by atoms with Gasteiger partial charge in [0.15, 0.2) is 0 Å². The molecule has 21 heavy (non-hydrogen) atoms. The summed E-state index contributed by atoms with van der Waals surface area (Å²) >= 11 is 0. The molecule has 0 aliphatic carbocycles. The molecule has 0 amide bonds. The normalized spacial score (nSPS) is 9.95. The number of benzene rings is 2. The summed E-state index contributed by atoms with van der Waals surface area (Å²) in [4.78, 5) is 21.8. The number of nitroso groups, excluding NO2 is 1. The minimum Gasteiger partial charge on any atom is -0.497 e. The predicted molar refractivity (Wildman–Crippen MR) is 78.4 cm³/mol. The van der Waals surface area contributed by atoms with Crippen molar-refractivity contribution in [2.45, 2.75) is 6.54 Å². The van der Waals surface area contributed by atoms with Gasteiger partial charge in [-0.05, 0) is 42.0 Å². The first-order valence-corrected chi connectivity index (χ1v) is 6.21. The van der Waals surface area contributed by atoms with Crippen LogP contribution in [-0.2, 0) is 6.54 Å². The van der Waals surface area contributed by atoms with Gasteiger partial charge in [0.25, 0.3) is 0 Å². The fourth-order valence-corrected chi connectivity index (χ4v) is 1.85. The standard InChI is InChI=1S/C15H14N2O4/c1-21-14-8-2-11(3-9-14)10-17(16-20)13-6-4-12(5-7-13)15(18)19/h2-9H,10H2,1H3,(H,18,19). The summed E-state index contributed by atoms with van der Waals surface area (Å²) in [7, 11) is 1.58. The maximum Gasteiger partial charge on any atom is 0.335 e. The van der Waals surface area contributed by atoms with E-state index in [1.54, 1.807) is 31.4 Å². The SMILES string of the molecule is COc1ccc(CN(N=O)c2ccc(C(=O)O)cc2)cc1. The summed E-state index contributed by atoms with van der Waals surface area (Å²) in [5, 5.41) is 13.1. The van der Waals surface area contributed by atoms with E-state index >= 15 is 0 Å². The average molecular weight is 286 g/mol. The molecule has 2 aromatic rings. The minimum atomic E-state index is -1.01. The van der Waals surface area contributed by atoms with E-state index in [0.717, 1.165) is 11.3 Å². The second-order valence-electron chi connectivity index (χ2n) is 4.34. The molecule has 6 heteroatoms. The molecule has 0 heterocycles. The van der Waals surface area contributed by atoms with Crippen LogP contribution in [-0.4, -0.2) is 18.2 Å². The molecule has 6 nitrogen and oxygen atoms in total. The lowest BCUT2D eigenvalue weighted by Crippen LogP contribution is -2.14. The lowest BCUT2D eigenvalue weighted by molar-refractivity contribution is 0.0697. The Bertz CT molecular complexity index is 623. The Morgan fingerprint density at radius 3 is 2.24 bits per heavy atom. The van der Waals surface area contributed by atoms with Crippen molar-refractivity contribution in [1.29, 1.82) is 0 Å². The van der Waals surface area contributed by atoms with Gasteiger partial charge in [0, 0.05) is 0 Å². The van der Waals surface area contributed by atoms with Crippen LogP contribution in [0.1, 0.15) is 15.9 Å². The highest BCUT2D eigenvalue weighted by Crippen LogP contribution is 2.20. The number of carboxylic acid groups (broad SMARTS) is 1. The molecular weight excluding hydrogens is 272 g/mol. The summed E-state index contributed by atoms with van der Waals surface area (Å²) in [5.41, 5.74) is 1.58. The Morgan fingerprint density at radius 2 is 1.76 bits per heavy atom. The van der Waals surface area contributed by atoms with E-state index in [4.69, 9.17) is 9.84 Å². The third-order valence-electron chi connectivity index (χ3n) is 3.00. The van der Waals surface area contributed by atoms with Gasteiger partial charge in [-0.2, -0.15) is 0 Å². The maximum absolute atomic E-state index is 11.0. The van der Waals surface area contributed by atoms with Gasteiger partial charge in [-0.1, -0.05) is 12.1 Å². The van der Waals surface area contributed by atoms with Gasteiger partial charge in [0.1, 0.15) is 5.75 Å². The van der Waals surface area contributed by atoms with Crippen LogP contribution in [0.2, 0.25) is 0 Å². The average Bonchev–Trinajstić information content (AvgIpc) is 2.53. The third-order valence-corrected chi connectivity index (χ3v) is 3.00. The lowest BCUT2D eigenvalue weighted by Gasteiger charge is -2.15. The number of methoxy groups -OCH3 is 1. The van der Waals surface area contributed by atoms with Gasteiger partial charge in [-0.15, -0.1) is 4.91 Å². The Balaban J connectivity index is 2.14. The van der Waals surface area contributed by atoms with Crippen LogP contribution < -0.4 is 9.75 Å². The van der Waals surface area contributed by atoms with E-state index in [0.29, 0.717) is 12.2 Å². The number of aromatic carboxylic acids is 1. The molecule has 0 saturated carbocycles. The molecule has 0 aromatic heterocycles. The molecule has 2 rings (SSSR count). The summed E-state index contributed by atoms with van der Waals surface area (Å²) in [6, 6.07) is 13.2. The number of rotatable bonds is 6. The lowest BCUT2D eigenvalue weighted by atomic mass is 10.2. The first kappa shape index (κ1) is 14.5. The predicted octanol–water partition coefficient (Wildman–Crippen LogP) is 3.08. The smallest absolute Gasteiger partial charge is 0.335 e. The molecule has 0 aliphatic heterocycles. The minimum absolute atomic E-state index is 0.161. The Kier molecular flexibility index (Phi) is 4.50. The van der Waals surface area contributed by atoms with Crippen molar-refractivity contribution in [3.05, 3.63) is 64.6 Å². The van der Waals surface area contributed by atoms with Crippen molar-refractivity contribution in [2.75, 3.05) is 12.1 Å². The quantitative estimate of drug-likeness (QED) is 0.652. The number of carbonyl (C=O) groups is 1. The van der Waals surface area contributed by atoms with Crippen molar-refractivity contribution >= 4 is 11.7 Å². The van der Waals surface area contributed by atoms with Crippen LogP contribution in [0, 0.1) is 4.91 Å². The van der Waals surface area contributed by atoms with Gasteiger partial charge in [0.2, 0.25) is 0 Å². The van der Waals surface area contributed by atoms with E-state index in [2.05, 4.69) is 5.29 Å². The van der Waals surface area contributed by atoms with Gasteiger partial charge < -0.3 is 9.84 Å². The summed E-state index contributed by atoms with van der Waals surface area (Å²) in [5.74, 6) is -0.280. The van der Waals surface area contributed by atoms with Gasteiger partial charge >= 0.3 is 5.97 Å². The van der Waals surface area contributed by atoms with Crippen molar-refractivity contribution in [1.82, 2.24) is 0 Å². The second-order valence-corrected chi connectivity index (χ2v) is 4.34. The highest BCUT2D eigenvalue weighted by Gasteiger charge is 2.09. The van der Waals surface area contributed by atoms with Gasteiger partial charge in [-0.3, -0.25) is 0 Å². The number of nitrogens with zero attached hydrogens (tertiary/aromatic N) is 2. The fourth-order valence-electron chi connectivity index (χ4n) is 1.85. The molecule has 0 radical (unpaired) electrons. The van der Waals surface area contributed by atoms with Crippen LogP contribution in [0.3, 0.4) is 0 Å². The van der Waals surface area contributed by atoms with Crippen molar-refractivity contribution in [3.8, 4) is 5.75 Å². The highest BCUT2D eigenvalue weighted by atomic mass is 16.5. The number of ether oxygens (including phenoxy) is 1. The molecule has 0 spiro atoms. The van der Waals surface area contributed by atoms with E-state index in [1.807, 2.05) is 12.1 Å². The first-order chi connectivity index (χ1) is 10.1.